The zero-order chi connectivity index (χ0) is 21.2. The number of hydrogen-bond donors (Lipinski definition) is 1. The van der Waals surface area contributed by atoms with Gasteiger partial charge in [0.05, 0.1) is 24.5 Å². The molecule has 0 saturated heterocycles. The summed E-state index contributed by atoms with van der Waals surface area (Å²) >= 11 is 1.30. The molecule has 1 fully saturated rings. The zero-order valence-electron chi connectivity index (χ0n) is 16.7. The summed E-state index contributed by atoms with van der Waals surface area (Å²) in [6, 6.07) is 12.1. The van der Waals surface area contributed by atoms with Crippen LogP contribution in [0.4, 0.5) is 10.1 Å². The number of carbonyl (C=O) groups excluding carboxylic acids is 1. The van der Waals surface area contributed by atoms with Crippen LogP contribution in [0.5, 0.6) is 11.5 Å². The van der Waals surface area contributed by atoms with E-state index in [2.05, 4.69) is 15.5 Å². The molecule has 1 aromatic heterocycles. The predicted octanol–water partition coefficient (Wildman–Crippen LogP) is 4.31. The van der Waals surface area contributed by atoms with Crippen LogP contribution in [0.15, 0.2) is 47.6 Å². The fraction of sp³-hybridized carbons (Fsp3) is 0.318. The molecule has 1 amide bonds. The lowest BCUT2D eigenvalue weighted by Crippen LogP contribution is -2.14. The molecule has 2 aromatic carbocycles. The lowest BCUT2D eigenvalue weighted by Gasteiger charge is -2.11. The first-order chi connectivity index (χ1) is 15.2. The summed E-state index contributed by atoms with van der Waals surface area (Å²) < 4.78 is 27.5. The third-order valence-corrected chi connectivity index (χ3v) is 6.00. The molecule has 5 rings (SSSR count). The average molecular weight is 441 g/mol. The average Bonchev–Trinajstić information content (AvgIpc) is 3.56. The molecule has 1 aliphatic carbocycles. The number of fused-ring (bicyclic) bond motifs is 1. The second-order valence-electron chi connectivity index (χ2n) is 7.44. The molecule has 0 bridgehead atoms. The minimum absolute atomic E-state index is 0.163. The summed E-state index contributed by atoms with van der Waals surface area (Å²) in [6.45, 7) is 1.20. The number of hydrogen-bond acceptors (Lipinski definition) is 6. The molecule has 7 nitrogen and oxygen atoms in total. The molecular formula is C22H21FN4O3S. The Labute approximate surface area is 183 Å². The maximum Gasteiger partial charge on any atom is 0.234 e. The summed E-state index contributed by atoms with van der Waals surface area (Å²) in [5, 5.41) is 12.0. The number of anilines is 1. The molecule has 1 saturated carbocycles. The van der Waals surface area contributed by atoms with Crippen LogP contribution in [-0.2, 0) is 4.79 Å². The van der Waals surface area contributed by atoms with Gasteiger partial charge in [-0.3, -0.25) is 9.36 Å². The fourth-order valence-electron chi connectivity index (χ4n) is 3.43. The quantitative estimate of drug-likeness (QED) is 0.576. The molecule has 0 unspecified atom stereocenters. The Morgan fingerprint density at radius 3 is 2.74 bits per heavy atom. The van der Waals surface area contributed by atoms with E-state index in [1.165, 1.54) is 17.8 Å². The van der Waals surface area contributed by atoms with Crippen LogP contribution in [0.3, 0.4) is 0 Å². The summed E-state index contributed by atoms with van der Waals surface area (Å²) in [5.74, 6) is 1.48. The van der Waals surface area contributed by atoms with Crippen LogP contribution in [0.2, 0.25) is 0 Å². The van der Waals surface area contributed by atoms with Crippen molar-refractivity contribution in [1.29, 1.82) is 0 Å². The molecule has 1 N–H and O–H groups in total. The summed E-state index contributed by atoms with van der Waals surface area (Å²) in [4.78, 5) is 12.5. The van der Waals surface area contributed by atoms with Crippen LogP contribution >= 0.6 is 11.8 Å². The minimum Gasteiger partial charge on any atom is -0.490 e. The van der Waals surface area contributed by atoms with E-state index < -0.39 is 0 Å². The number of carbonyl (C=O) groups is 1. The van der Waals surface area contributed by atoms with Crippen molar-refractivity contribution < 1.29 is 18.7 Å². The first-order valence-corrected chi connectivity index (χ1v) is 11.2. The molecule has 2 aliphatic rings. The number of ether oxygens (including phenoxy) is 2. The largest absolute Gasteiger partial charge is 0.490 e. The molecule has 3 aromatic rings. The van der Waals surface area contributed by atoms with E-state index in [-0.39, 0.29) is 23.5 Å². The Balaban J connectivity index is 1.28. The fourth-order valence-corrected chi connectivity index (χ4v) is 4.24. The zero-order valence-corrected chi connectivity index (χ0v) is 17.5. The van der Waals surface area contributed by atoms with Crippen LogP contribution in [0.25, 0.3) is 11.4 Å². The summed E-state index contributed by atoms with van der Waals surface area (Å²) in [6.07, 6.45) is 2.82. The van der Waals surface area contributed by atoms with Gasteiger partial charge in [0.1, 0.15) is 5.82 Å². The molecule has 0 spiro atoms. The second kappa shape index (κ2) is 8.58. The van der Waals surface area contributed by atoms with Crippen LogP contribution in [0, 0.1) is 5.82 Å². The highest BCUT2D eigenvalue weighted by Crippen LogP contribution is 2.41. The normalized spacial score (nSPS) is 15.4. The number of nitrogens with one attached hydrogen (secondary N) is 1. The standard InChI is InChI=1S/C22H21FN4O3S/c23-17-5-2-1-4-16(17)21-25-26-22(27(21)15-7-8-15)31-13-20(28)24-14-6-9-18-19(12-14)30-11-3-10-29-18/h1-2,4-6,9,12,15H,3,7-8,10-11,13H2,(H,24,28). The maximum absolute atomic E-state index is 14.3. The van der Waals surface area contributed by atoms with Crippen molar-refractivity contribution in [2.24, 2.45) is 0 Å². The Hall–Kier alpha value is -3.07. The van der Waals surface area contributed by atoms with E-state index in [0.717, 1.165) is 19.3 Å². The highest BCUT2D eigenvalue weighted by atomic mass is 32.2. The van der Waals surface area contributed by atoms with Crippen LogP contribution in [0.1, 0.15) is 25.3 Å². The molecule has 1 aliphatic heterocycles. The first-order valence-electron chi connectivity index (χ1n) is 10.2. The number of rotatable bonds is 6. The molecule has 31 heavy (non-hydrogen) atoms. The number of amides is 1. The molecule has 2 heterocycles. The van der Waals surface area contributed by atoms with Crippen molar-refractivity contribution in [3.63, 3.8) is 0 Å². The van der Waals surface area contributed by atoms with Gasteiger partial charge < -0.3 is 14.8 Å². The third-order valence-electron chi connectivity index (χ3n) is 5.05. The topological polar surface area (TPSA) is 78.3 Å². The smallest absolute Gasteiger partial charge is 0.234 e. The number of thioether (sulfide) groups is 1. The number of halogens is 1. The van der Waals surface area contributed by atoms with E-state index in [1.807, 2.05) is 4.57 Å². The predicted molar refractivity (Wildman–Crippen MR) is 115 cm³/mol. The van der Waals surface area contributed by atoms with Gasteiger partial charge >= 0.3 is 0 Å². The van der Waals surface area contributed by atoms with Crippen molar-refractivity contribution in [2.75, 3.05) is 24.3 Å². The van der Waals surface area contributed by atoms with Gasteiger partial charge in [0.25, 0.3) is 0 Å². The van der Waals surface area contributed by atoms with Crippen molar-refractivity contribution in [2.45, 2.75) is 30.5 Å². The Kier molecular flexibility index (Phi) is 5.50. The van der Waals surface area contributed by atoms with Gasteiger partial charge in [0, 0.05) is 24.2 Å². The maximum atomic E-state index is 14.3. The van der Waals surface area contributed by atoms with E-state index in [0.29, 0.717) is 46.9 Å². The SMILES string of the molecule is O=C(CSc1nnc(-c2ccccc2F)n1C1CC1)Nc1ccc2c(c1)OCCCO2. The second-order valence-corrected chi connectivity index (χ2v) is 8.38. The van der Waals surface area contributed by atoms with Gasteiger partial charge in [0.2, 0.25) is 5.91 Å². The molecular weight excluding hydrogens is 419 g/mol. The van der Waals surface area contributed by atoms with Gasteiger partial charge in [-0.2, -0.15) is 0 Å². The lowest BCUT2D eigenvalue weighted by atomic mass is 10.2. The van der Waals surface area contributed by atoms with Crippen molar-refractivity contribution in [3.8, 4) is 22.9 Å². The van der Waals surface area contributed by atoms with Crippen molar-refractivity contribution >= 4 is 23.4 Å². The number of nitrogens with zero attached hydrogens (tertiary/aromatic N) is 3. The Morgan fingerprint density at radius 1 is 1.13 bits per heavy atom. The lowest BCUT2D eigenvalue weighted by molar-refractivity contribution is -0.113. The van der Waals surface area contributed by atoms with E-state index in [4.69, 9.17) is 9.47 Å². The number of benzene rings is 2. The number of aromatic nitrogens is 3. The van der Waals surface area contributed by atoms with Crippen molar-refractivity contribution in [1.82, 2.24) is 14.8 Å². The summed E-state index contributed by atoms with van der Waals surface area (Å²) in [7, 11) is 0. The van der Waals surface area contributed by atoms with Gasteiger partial charge in [0.15, 0.2) is 22.5 Å². The van der Waals surface area contributed by atoms with Gasteiger partial charge in [-0.25, -0.2) is 4.39 Å². The van der Waals surface area contributed by atoms with E-state index >= 15 is 0 Å². The van der Waals surface area contributed by atoms with Gasteiger partial charge in [-0.15, -0.1) is 10.2 Å². The Morgan fingerprint density at radius 2 is 1.94 bits per heavy atom. The van der Waals surface area contributed by atoms with Gasteiger partial charge in [-0.05, 0) is 37.1 Å². The monoisotopic (exact) mass is 440 g/mol. The Bertz CT molecular complexity index is 1120. The first kappa shape index (κ1) is 19.9. The van der Waals surface area contributed by atoms with Crippen molar-refractivity contribution in [3.05, 3.63) is 48.3 Å². The highest BCUT2D eigenvalue weighted by molar-refractivity contribution is 7.99. The van der Waals surface area contributed by atoms with E-state index in [9.17, 15) is 9.18 Å². The molecule has 0 atom stereocenters. The van der Waals surface area contributed by atoms with E-state index in [1.54, 1.807) is 36.4 Å². The molecule has 0 radical (unpaired) electrons. The van der Waals surface area contributed by atoms with Crippen LogP contribution < -0.4 is 14.8 Å². The minimum atomic E-state index is -0.333. The molecule has 160 valence electrons. The van der Waals surface area contributed by atoms with Gasteiger partial charge in [-0.1, -0.05) is 23.9 Å². The van der Waals surface area contributed by atoms with Crippen LogP contribution in [-0.4, -0.2) is 39.6 Å². The highest BCUT2D eigenvalue weighted by Gasteiger charge is 2.31. The third kappa shape index (κ3) is 4.36. The summed E-state index contributed by atoms with van der Waals surface area (Å²) in [5.41, 5.74) is 1.07. The molecule has 9 heteroatoms.